The summed E-state index contributed by atoms with van der Waals surface area (Å²) >= 11 is 5.05. The van der Waals surface area contributed by atoms with Gasteiger partial charge in [-0.1, -0.05) is 0 Å². The van der Waals surface area contributed by atoms with Gasteiger partial charge in [-0.15, -0.1) is 11.3 Å². The van der Waals surface area contributed by atoms with E-state index in [1.165, 1.54) is 14.4 Å². The van der Waals surface area contributed by atoms with Crippen molar-refractivity contribution >= 4 is 33.0 Å². The molecule has 6 heteroatoms. The van der Waals surface area contributed by atoms with Crippen LogP contribution in [0.4, 0.5) is 5.69 Å². The van der Waals surface area contributed by atoms with Crippen LogP contribution in [0.3, 0.4) is 0 Å². The predicted molar refractivity (Wildman–Crippen MR) is 78.3 cm³/mol. The smallest absolute Gasteiger partial charge is 0.282 e. The summed E-state index contributed by atoms with van der Waals surface area (Å²) in [5.41, 5.74) is 0.575. The van der Waals surface area contributed by atoms with Crippen molar-refractivity contribution in [1.29, 1.82) is 0 Å². The molecule has 0 radical (unpaired) electrons. The Morgan fingerprint density at radius 1 is 1.50 bits per heavy atom. The number of halogens is 1. The molecule has 0 saturated heterocycles. The molecule has 96 valence electrons. The molecule has 2 aromatic rings. The van der Waals surface area contributed by atoms with Crippen LogP contribution in [0.5, 0.6) is 0 Å². The quantitative estimate of drug-likeness (QED) is 0.942. The van der Waals surface area contributed by atoms with Gasteiger partial charge in [-0.05, 0) is 41.9 Å². The number of anilines is 1. The molecule has 0 saturated carbocycles. The molecular formula is C12H14BrN3OS. The van der Waals surface area contributed by atoms with Crippen molar-refractivity contribution in [3.8, 4) is 0 Å². The number of aromatic nitrogens is 2. The largest absolute Gasteiger partial charge is 0.375 e. The van der Waals surface area contributed by atoms with Crippen LogP contribution in [-0.2, 0) is 7.05 Å². The Hall–Kier alpha value is -1.14. The zero-order valence-corrected chi connectivity index (χ0v) is 12.8. The summed E-state index contributed by atoms with van der Waals surface area (Å²) in [4.78, 5) is 14.2. The number of nitrogens with one attached hydrogen (secondary N) is 1. The number of thiophene rings is 1. The number of rotatable bonds is 3. The van der Waals surface area contributed by atoms with E-state index in [1.807, 2.05) is 0 Å². The molecule has 2 aromatic heterocycles. The second-order valence-electron chi connectivity index (χ2n) is 4.12. The summed E-state index contributed by atoms with van der Waals surface area (Å²) in [6.45, 7) is 4.14. The Kier molecular flexibility index (Phi) is 3.87. The fourth-order valence-corrected chi connectivity index (χ4v) is 2.95. The van der Waals surface area contributed by atoms with Crippen molar-refractivity contribution < 1.29 is 0 Å². The Morgan fingerprint density at radius 2 is 2.22 bits per heavy atom. The number of hydrogen-bond acceptors (Lipinski definition) is 4. The highest BCUT2D eigenvalue weighted by molar-refractivity contribution is 9.10. The van der Waals surface area contributed by atoms with Gasteiger partial charge in [-0.3, -0.25) is 4.79 Å². The van der Waals surface area contributed by atoms with Crippen LogP contribution in [0.15, 0.2) is 27.6 Å². The Bertz CT molecular complexity index is 620. The highest BCUT2D eigenvalue weighted by Crippen LogP contribution is 2.27. The Morgan fingerprint density at radius 3 is 2.83 bits per heavy atom. The van der Waals surface area contributed by atoms with Crippen LogP contribution < -0.4 is 10.9 Å². The molecule has 4 nitrogen and oxygen atoms in total. The fourth-order valence-electron chi connectivity index (χ4n) is 1.60. The van der Waals surface area contributed by atoms with Crippen LogP contribution in [0.2, 0.25) is 0 Å². The highest BCUT2D eigenvalue weighted by atomic mass is 79.9. The standard InChI is InChI=1S/C12H14BrN3OS/c1-7-4-5-10(18-7)8(2)15-9-6-14-16(3)12(17)11(9)13/h4-6,8,15H,1-3H3/t8-/m1/s1. The molecule has 0 spiro atoms. The molecule has 0 aromatic carbocycles. The monoisotopic (exact) mass is 327 g/mol. The lowest BCUT2D eigenvalue weighted by Crippen LogP contribution is -2.21. The van der Waals surface area contributed by atoms with Gasteiger partial charge in [0.25, 0.3) is 5.56 Å². The van der Waals surface area contributed by atoms with Crippen LogP contribution in [-0.4, -0.2) is 9.78 Å². The SMILES string of the molecule is Cc1ccc([C@@H](C)Nc2cnn(C)c(=O)c2Br)s1. The molecule has 2 heterocycles. The van der Waals surface area contributed by atoms with Gasteiger partial charge in [0.15, 0.2) is 0 Å². The number of hydrogen-bond donors (Lipinski definition) is 1. The van der Waals surface area contributed by atoms with Gasteiger partial charge in [0, 0.05) is 16.8 Å². The lowest BCUT2D eigenvalue weighted by Gasteiger charge is -2.14. The average molecular weight is 328 g/mol. The van der Waals surface area contributed by atoms with E-state index in [9.17, 15) is 4.79 Å². The molecule has 2 rings (SSSR count). The first-order valence-corrected chi connectivity index (χ1v) is 7.14. The van der Waals surface area contributed by atoms with E-state index in [0.29, 0.717) is 4.47 Å². The fraction of sp³-hybridized carbons (Fsp3) is 0.333. The first-order valence-electron chi connectivity index (χ1n) is 5.53. The molecule has 0 amide bonds. The summed E-state index contributed by atoms with van der Waals surface area (Å²) in [6.07, 6.45) is 1.66. The molecule has 0 aliphatic carbocycles. The summed E-state index contributed by atoms with van der Waals surface area (Å²) in [6, 6.07) is 4.34. The molecular weight excluding hydrogens is 314 g/mol. The maximum Gasteiger partial charge on any atom is 0.282 e. The van der Waals surface area contributed by atoms with Gasteiger partial charge >= 0.3 is 0 Å². The number of aryl methyl sites for hydroxylation is 2. The number of nitrogens with zero attached hydrogens (tertiary/aromatic N) is 2. The molecule has 1 atom stereocenters. The van der Waals surface area contributed by atoms with E-state index in [2.05, 4.69) is 52.3 Å². The molecule has 0 fully saturated rings. The van der Waals surface area contributed by atoms with E-state index in [-0.39, 0.29) is 11.6 Å². The van der Waals surface area contributed by atoms with Gasteiger partial charge in [0.2, 0.25) is 0 Å². The normalized spacial score (nSPS) is 12.4. The van der Waals surface area contributed by atoms with E-state index >= 15 is 0 Å². The van der Waals surface area contributed by atoms with Crippen LogP contribution in [0.1, 0.15) is 22.7 Å². The lowest BCUT2D eigenvalue weighted by molar-refractivity contribution is 0.701. The lowest BCUT2D eigenvalue weighted by atomic mass is 10.2. The molecule has 0 aliphatic heterocycles. The van der Waals surface area contributed by atoms with E-state index in [4.69, 9.17) is 0 Å². The minimum atomic E-state index is -0.144. The molecule has 18 heavy (non-hydrogen) atoms. The van der Waals surface area contributed by atoms with Crippen molar-refractivity contribution in [3.05, 3.63) is 42.9 Å². The van der Waals surface area contributed by atoms with Crippen molar-refractivity contribution in [2.75, 3.05) is 5.32 Å². The maximum absolute atomic E-state index is 11.7. The minimum Gasteiger partial charge on any atom is -0.375 e. The first-order chi connectivity index (χ1) is 8.49. The van der Waals surface area contributed by atoms with Crippen LogP contribution in [0.25, 0.3) is 0 Å². The van der Waals surface area contributed by atoms with Gasteiger partial charge < -0.3 is 5.32 Å². The van der Waals surface area contributed by atoms with Crippen molar-refractivity contribution in [3.63, 3.8) is 0 Å². The predicted octanol–water partition coefficient (Wildman–Crippen LogP) is 3.09. The van der Waals surface area contributed by atoms with Gasteiger partial charge in [-0.2, -0.15) is 5.10 Å². The van der Waals surface area contributed by atoms with Crippen LogP contribution >= 0.6 is 27.3 Å². The third-order valence-electron chi connectivity index (χ3n) is 2.64. The maximum atomic E-state index is 11.7. The third kappa shape index (κ3) is 2.64. The van der Waals surface area contributed by atoms with E-state index < -0.39 is 0 Å². The molecule has 0 bridgehead atoms. The Balaban J connectivity index is 2.25. The molecule has 0 aliphatic rings. The summed E-state index contributed by atoms with van der Waals surface area (Å²) in [5.74, 6) is 0. The zero-order chi connectivity index (χ0) is 13.3. The summed E-state index contributed by atoms with van der Waals surface area (Å²) in [7, 11) is 1.63. The minimum absolute atomic E-state index is 0.144. The third-order valence-corrected chi connectivity index (χ3v) is 4.59. The van der Waals surface area contributed by atoms with Crippen LogP contribution in [0, 0.1) is 6.92 Å². The zero-order valence-electron chi connectivity index (χ0n) is 10.4. The summed E-state index contributed by atoms with van der Waals surface area (Å²) < 4.78 is 1.81. The van der Waals surface area contributed by atoms with Gasteiger partial charge in [-0.25, -0.2) is 4.68 Å². The van der Waals surface area contributed by atoms with Crippen molar-refractivity contribution in [2.45, 2.75) is 19.9 Å². The first kappa shape index (κ1) is 13.3. The van der Waals surface area contributed by atoms with Crippen molar-refractivity contribution in [2.24, 2.45) is 7.05 Å². The molecule has 0 unspecified atom stereocenters. The highest BCUT2D eigenvalue weighted by Gasteiger charge is 2.12. The van der Waals surface area contributed by atoms with E-state index in [0.717, 1.165) is 5.69 Å². The average Bonchev–Trinajstić information content (AvgIpc) is 2.77. The second kappa shape index (κ2) is 5.24. The summed E-state index contributed by atoms with van der Waals surface area (Å²) in [5, 5.41) is 7.30. The Labute approximate surface area is 118 Å². The van der Waals surface area contributed by atoms with E-state index in [1.54, 1.807) is 24.6 Å². The topological polar surface area (TPSA) is 46.9 Å². The molecule has 1 N–H and O–H groups in total. The van der Waals surface area contributed by atoms with Gasteiger partial charge in [0.05, 0.1) is 17.9 Å². The van der Waals surface area contributed by atoms with Gasteiger partial charge in [0.1, 0.15) is 4.47 Å². The second-order valence-corrected chi connectivity index (χ2v) is 6.23. The van der Waals surface area contributed by atoms with Crippen molar-refractivity contribution in [1.82, 2.24) is 9.78 Å².